The Balaban J connectivity index is 1.33. The molecule has 0 aliphatic heterocycles. The van der Waals surface area contributed by atoms with Gasteiger partial charge < -0.3 is 23.7 Å². The van der Waals surface area contributed by atoms with E-state index in [0.717, 1.165) is 5.56 Å². The molecule has 0 unspecified atom stereocenters. The van der Waals surface area contributed by atoms with Crippen LogP contribution in [-0.2, 0) is 38.0 Å². The molecule has 0 aliphatic rings. The maximum absolute atomic E-state index is 12.0. The van der Waals surface area contributed by atoms with Crippen molar-refractivity contribution >= 4 is 16.1 Å². The fourth-order valence-electron chi connectivity index (χ4n) is 2.59. The average Bonchev–Trinajstić information content (AvgIpc) is 2.84. The van der Waals surface area contributed by atoms with Gasteiger partial charge >= 0.3 is 5.97 Å². The normalized spacial score (nSPS) is 11.4. The molecule has 0 atom stereocenters. The Labute approximate surface area is 201 Å². The van der Waals surface area contributed by atoms with Gasteiger partial charge in [0.15, 0.2) is 0 Å². The molecular weight excluding hydrogens is 464 g/mol. The van der Waals surface area contributed by atoms with Crippen LogP contribution in [0.5, 0.6) is 0 Å². The van der Waals surface area contributed by atoms with Crippen molar-refractivity contribution in [3.05, 3.63) is 65.7 Å². The van der Waals surface area contributed by atoms with Gasteiger partial charge in [0, 0.05) is 0 Å². The first-order valence-corrected chi connectivity index (χ1v) is 12.4. The maximum Gasteiger partial charge on any atom is 0.338 e. The van der Waals surface area contributed by atoms with Crippen molar-refractivity contribution < 1.29 is 41.1 Å². The summed E-state index contributed by atoms with van der Waals surface area (Å²) >= 11 is 0. The molecule has 0 aliphatic carbocycles. The van der Waals surface area contributed by atoms with Crippen LogP contribution in [0.2, 0.25) is 0 Å². The molecule has 0 heterocycles. The highest BCUT2D eigenvalue weighted by atomic mass is 32.2. The summed E-state index contributed by atoms with van der Waals surface area (Å²) in [6.07, 6.45) is 0. The summed E-state index contributed by atoms with van der Waals surface area (Å²) in [5.41, 5.74) is 1.48. The van der Waals surface area contributed by atoms with Crippen LogP contribution < -0.4 is 0 Å². The Morgan fingerprint density at radius 3 is 1.65 bits per heavy atom. The van der Waals surface area contributed by atoms with Crippen LogP contribution in [-0.4, -0.2) is 80.5 Å². The van der Waals surface area contributed by atoms with Crippen LogP contribution in [0.25, 0.3) is 0 Å². The van der Waals surface area contributed by atoms with Crippen molar-refractivity contribution in [2.45, 2.75) is 11.8 Å². The minimum atomic E-state index is -3.77. The third kappa shape index (κ3) is 11.7. The summed E-state index contributed by atoms with van der Waals surface area (Å²) in [6, 6.07) is 15.2. The monoisotopic (exact) mass is 496 g/mol. The highest BCUT2D eigenvalue weighted by Gasteiger charge is 2.14. The van der Waals surface area contributed by atoms with Crippen LogP contribution >= 0.6 is 0 Å². The Morgan fingerprint density at radius 1 is 0.647 bits per heavy atom. The van der Waals surface area contributed by atoms with Gasteiger partial charge in [0.1, 0.15) is 6.61 Å². The minimum absolute atomic E-state index is 0.0647. The molecule has 34 heavy (non-hydrogen) atoms. The summed E-state index contributed by atoms with van der Waals surface area (Å²) in [5, 5.41) is 0. The van der Waals surface area contributed by atoms with Crippen molar-refractivity contribution in [1.29, 1.82) is 0 Å². The molecule has 0 bridgehead atoms. The Hall–Kier alpha value is -2.34. The molecule has 2 rings (SSSR count). The first kappa shape index (κ1) is 27.9. The fourth-order valence-corrected chi connectivity index (χ4v) is 3.48. The smallest absolute Gasteiger partial charge is 0.338 e. The molecule has 0 fully saturated rings. The highest BCUT2D eigenvalue weighted by Crippen LogP contribution is 2.12. The minimum Gasteiger partial charge on any atom is -0.460 e. The predicted molar refractivity (Wildman–Crippen MR) is 124 cm³/mol. The largest absolute Gasteiger partial charge is 0.460 e. The number of carbonyl (C=O) groups is 1. The highest BCUT2D eigenvalue weighted by molar-refractivity contribution is 7.86. The fraction of sp³-hybridized carbons (Fsp3) is 0.458. The summed E-state index contributed by atoms with van der Waals surface area (Å²) in [6.45, 7) is 4.71. The second-order valence-electron chi connectivity index (χ2n) is 7.04. The van der Waals surface area contributed by atoms with E-state index in [1.807, 2.05) is 13.0 Å². The number of esters is 1. The Kier molecular flexibility index (Phi) is 13.4. The first-order valence-electron chi connectivity index (χ1n) is 11.0. The predicted octanol–water partition coefficient (Wildman–Crippen LogP) is 2.62. The molecule has 188 valence electrons. The van der Waals surface area contributed by atoms with Gasteiger partial charge in [-0.2, -0.15) is 8.42 Å². The number of aryl methyl sites for hydroxylation is 1. The lowest BCUT2D eigenvalue weighted by atomic mass is 10.2. The molecule has 0 spiro atoms. The van der Waals surface area contributed by atoms with E-state index in [4.69, 9.17) is 27.9 Å². The van der Waals surface area contributed by atoms with Gasteiger partial charge in [-0.1, -0.05) is 35.9 Å². The van der Waals surface area contributed by atoms with E-state index in [1.165, 1.54) is 12.1 Å². The molecule has 0 aromatic heterocycles. The number of ether oxygens (including phenoxy) is 5. The van der Waals surface area contributed by atoms with Crippen LogP contribution in [0.1, 0.15) is 15.9 Å². The number of hydrogen-bond donors (Lipinski definition) is 0. The number of rotatable bonds is 18. The van der Waals surface area contributed by atoms with E-state index in [-0.39, 0.29) is 30.7 Å². The van der Waals surface area contributed by atoms with Gasteiger partial charge in [0.2, 0.25) is 0 Å². The maximum atomic E-state index is 12.0. The molecule has 10 heteroatoms. The quantitative estimate of drug-likeness (QED) is 0.175. The van der Waals surface area contributed by atoms with Crippen molar-refractivity contribution in [2.24, 2.45) is 0 Å². The zero-order chi connectivity index (χ0) is 24.5. The van der Waals surface area contributed by atoms with E-state index < -0.39 is 10.1 Å². The first-order chi connectivity index (χ1) is 16.5. The van der Waals surface area contributed by atoms with E-state index in [1.54, 1.807) is 36.4 Å². The Bertz CT molecular complexity index is 915. The topological polar surface area (TPSA) is 107 Å². The van der Waals surface area contributed by atoms with Crippen LogP contribution in [0.3, 0.4) is 0 Å². The number of hydrogen-bond acceptors (Lipinski definition) is 9. The van der Waals surface area contributed by atoms with E-state index in [0.29, 0.717) is 51.8 Å². The average molecular weight is 497 g/mol. The van der Waals surface area contributed by atoms with E-state index in [9.17, 15) is 13.2 Å². The standard InChI is InChI=1S/C24H32O9S/c1-21-7-9-23(10-8-21)34(26,27)33-20-18-31-16-14-29-12-11-28-13-15-30-17-19-32-24(25)22-5-3-2-4-6-22/h2-10H,11-20H2,1H3. The summed E-state index contributed by atoms with van der Waals surface area (Å²) in [5.74, 6) is -0.374. The van der Waals surface area contributed by atoms with Crippen LogP contribution in [0.4, 0.5) is 0 Å². The van der Waals surface area contributed by atoms with Crippen molar-refractivity contribution in [1.82, 2.24) is 0 Å². The van der Waals surface area contributed by atoms with Crippen molar-refractivity contribution in [3.8, 4) is 0 Å². The molecule has 9 nitrogen and oxygen atoms in total. The lowest BCUT2D eigenvalue weighted by Crippen LogP contribution is -2.15. The van der Waals surface area contributed by atoms with Gasteiger partial charge in [0.05, 0.1) is 69.9 Å². The lowest BCUT2D eigenvalue weighted by Gasteiger charge is -2.08. The molecule has 0 saturated heterocycles. The zero-order valence-corrected chi connectivity index (χ0v) is 20.2. The SMILES string of the molecule is Cc1ccc(S(=O)(=O)OCCOCCOCCOCCOCCOC(=O)c2ccccc2)cc1. The van der Waals surface area contributed by atoms with Crippen LogP contribution in [0.15, 0.2) is 59.5 Å². The number of benzene rings is 2. The van der Waals surface area contributed by atoms with Gasteiger partial charge in [-0.3, -0.25) is 4.18 Å². The van der Waals surface area contributed by atoms with Gasteiger partial charge in [-0.15, -0.1) is 0 Å². The molecular formula is C24H32O9S. The summed E-state index contributed by atoms with van der Waals surface area (Å²) in [4.78, 5) is 11.8. The van der Waals surface area contributed by atoms with Crippen molar-refractivity contribution in [3.63, 3.8) is 0 Å². The molecule has 2 aromatic rings. The van der Waals surface area contributed by atoms with E-state index >= 15 is 0 Å². The van der Waals surface area contributed by atoms with Crippen LogP contribution in [0, 0.1) is 6.92 Å². The number of carbonyl (C=O) groups excluding carboxylic acids is 1. The molecule has 0 saturated carbocycles. The molecule has 0 radical (unpaired) electrons. The van der Waals surface area contributed by atoms with Gasteiger partial charge in [0.25, 0.3) is 10.1 Å². The Morgan fingerprint density at radius 2 is 1.12 bits per heavy atom. The molecule has 0 N–H and O–H groups in total. The second kappa shape index (κ2) is 16.3. The van der Waals surface area contributed by atoms with E-state index in [2.05, 4.69) is 0 Å². The van der Waals surface area contributed by atoms with Gasteiger partial charge in [-0.05, 0) is 31.2 Å². The summed E-state index contributed by atoms with van der Waals surface area (Å²) in [7, 11) is -3.77. The molecule has 0 amide bonds. The third-order valence-corrected chi connectivity index (χ3v) is 5.69. The second-order valence-corrected chi connectivity index (χ2v) is 8.66. The summed E-state index contributed by atoms with van der Waals surface area (Å²) < 4.78 is 55.5. The third-order valence-electron chi connectivity index (χ3n) is 4.36. The zero-order valence-electron chi connectivity index (χ0n) is 19.3. The molecule has 2 aromatic carbocycles. The lowest BCUT2D eigenvalue weighted by molar-refractivity contribution is -0.0106. The van der Waals surface area contributed by atoms with Crippen molar-refractivity contribution in [2.75, 3.05) is 66.1 Å². The van der Waals surface area contributed by atoms with Gasteiger partial charge in [-0.25, -0.2) is 4.79 Å².